The van der Waals surface area contributed by atoms with E-state index >= 15 is 0 Å². The van der Waals surface area contributed by atoms with Gasteiger partial charge in [0.15, 0.2) is 0 Å². The van der Waals surface area contributed by atoms with E-state index in [0.717, 1.165) is 31.7 Å². The normalized spacial score (nSPS) is 27.2. The Morgan fingerprint density at radius 2 is 1.94 bits per heavy atom. The van der Waals surface area contributed by atoms with Crippen molar-refractivity contribution in [3.8, 4) is 0 Å². The molecule has 1 saturated carbocycles. The van der Waals surface area contributed by atoms with Crippen molar-refractivity contribution in [3.63, 3.8) is 0 Å². The summed E-state index contributed by atoms with van der Waals surface area (Å²) in [6, 6.07) is 3.75. The lowest BCUT2D eigenvalue weighted by Crippen LogP contribution is -2.48. The molecule has 1 aliphatic carbocycles. The van der Waals surface area contributed by atoms with E-state index in [1.54, 1.807) is 0 Å². The predicted molar refractivity (Wildman–Crippen MR) is 69.2 cm³/mol. The van der Waals surface area contributed by atoms with E-state index in [1.807, 2.05) is 0 Å². The van der Waals surface area contributed by atoms with Crippen molar-refractivity contribution < 1.29 is 8.78 Å². The fourth-order valence-electron chi connectivity index (χ4n) is 3.24. The smallest absolute Gasteiger partial charge is 0.129 e. The fourth-order valence-corrected chi connectivity index (χ4v) is 3.24. The first-order valence-electron chi connectivity index (χ1n) is 6.53. The Kier molecular flexibility index (Phi) is 3.45. The Morgan fingerprint density at radius 3 is 2.56 bits per heavy atom. The molecule has 1 atom stereocenters. The minimum absolute atomic E-state index is 0.212. The lowest BCUT2D eigenvalue weighted by atomic mass is 9.66. The maximum atomic E-state index is 13.7. The number of hydrogen-bond acceptors (Lipinski definition) is 1. The lowest BCUT2D eigenvalue weighted by Gasteiger charge is -2.42. The number of benzene rings is 1. The number of hydrogen-bond donors (Lipinski definition) is 1. The van der Waals surface area contributed by atoms with E-state index < -0.39 is 11.6 Å². The maximum Gasteiger partial charge on any atom is 0.129 e. The molecule has 0 bridgehead atoms. The lowest BCUT2D eigenvalue weighted by molar-refractivity contribution is 0.150. The molecule has 0 heterocycles. The van der Waals surface area contributed by atoms with Crippen molar-refractivity contribution in [2.75, 3.05) is 0 Å². The monoisotopic (exact) mass is 253 g/mol. The molecule has 1 aromatic rings. The Balaban J connectivity index is 2.17. The molecule has 18 heavy (non-hydrogen) atoms. The molecular weight excluding hydrogens is 232 g/mol. The van der Waals surface area contributed by atoms with Gasteiger partial charge in [-0.05, 0) is 42.7 Å². The third-order valence-corrected chi connectivity index (χ3v) is 3.92. The molecule has 2 N–H and O–H groups in total. The zero-order chi connectivity index (χ0) is 13.4. The summed E-state index contributed by atoms with van der Waals surface area (Å²) in [7, 11) is 0. The highest BCUT2D eigenvalue weighted by Crippen LogP contribution is 2.41. The molecule has 1 aliphatic rings. The SMILES string of the molecule is CC1(C)CCCC(N)(Cc2ccc(F)cc2F)C1. The van der Waals surface area contributed by atoms with Crippen LogP contribution in [0.25, 0.3) is 0 Å². The summed E-state index contributed by atoms with van der Waals surface area (Å²) in [5.41, 5.74) is 6.79. The minimum atomic E-state index is -0.536. The molecule has 1 unspecified atom stereocenters. The van der Waals surface area contributed by atoms with Crippen molar-refractivity contribution in [1.82, 2.24) is 0 Å². The zero-order valence-electron chi connectivity index (χ0n) is 11.1. The molecule has 1 nitrogen and oxygen atoms in total. The quantitative estimate of drug-likeness (QED) is 0.852. The zero-order valence-corrected chi connectivity index (χ0v) is 11.1. The van der Waals surface area contributed by atoms with Crippen LogP contribution in [0.3, 0.4) is 0 Å². The van der Waals surface area contributed by atoms with Crippen molar-refractivity contribution in [2.45, 2.75) is 51.5 Å². The molecule has 0 radical (unpaired) electrons. The summed E-state index contributed by atoms with van der Waals surface area (Å²) < 4.78 is 26.5. The van der Waals surface area contributed by atoms with Gasteiger partial charge in [-0.1, -0.05) is 26.3 Å². The predicted octanol–water partition coefficient (Wildman–Crippen LogP) is 3.81. The highest BCUT2D eigenvalue weighted by Gasteiger charge is 2.37. The first-order valence-corrected chi connectivity index (χ1v) is 6.53. The molecule has 3 heteroatoms. The number of halogens is 2. The second-order valence-corrected chi connectivity index (χ2v) is 6.47. The van der Waals surface area contributed by atoms with Gasteiger partial charge in [0.2, 0.25) is 0 Å². The summed E-state index contributed by atoms with van der Waals surface area (Å²) in [5, 5.41) is 0. The van der Waals surface area contributed by atoms with Crippen LogP contribution < -0.4 is 5.73 Å². The summed E-state index contributed by atoms with van der Waals surface area (Å²) in [4.78, 5) is 0. The van der Waals surface area contributed by atoms with E-state index in [9.17, 15) is 8.78 Å². The minimum Gasteiger partial charge on any atom is -0.325 e. The summed E-state index contributed by atoms with van der Waals surface area (Å²) in [6.45, 7) is 4.41. The van der Waals surface area contributed by atoms with Gasteiger partial charge in [-0.3, -0.25) is 0 Å². The molecule has 100 valence electrons. The first-order chi connectivity index (χ1) is 8.30. The van der Waals surface area contributed by atoms with Gasteiger partial charge >= 0.3 is 0 Å². The van der Waals surface area contributed by atoms with E-state index in [-0.39, 0.29) is 11.0 Å². The van der Waals surface area contributed by atoms with Gasteiger partial charge in [-0.25, -0.2) is 8.78 Å². The van der Waals surface area contributed by atoms with Crippen LogP contribution in [0.15, 0.2) is 18.2 Å². The van der Waals surface area contributed by atoms with Crippen LogP contribution in [0, 0.1) is 17.0 Å². The van der Waals surface area contributed by atoms with Gasteiger partial charge in [0.1, 0.15) is 11.6 Å². The third kappa shape index (κ3) is 3.08. The molecule has 0 saturated heterocycles. The van der Waals surface area contributed by atoms with Gasteiger partial charge in [0.05, 0.1) is 0 Å². The molecule has 0 aromatic heterocycles. The van der Waals surface area contributed by atoms with Crippen LogP contribution in [0.1, 0.15) is 45.1 Å². The Hall–Kier alpha value is -0.960. The van der Waals surface area contributed by atoms with E-state index in [4.69, 9.17) is 5.73 Å². The summed E-state index contributed by atoms with van der Waals surface area (Å²) in [5.74, 6) is -1.02. The molecule has 0 spiro atoms. The van der Waals surface area contributed by atoms with E-state index in [1.165, 1.54) is 12.1 Å². The molecular formula is C15H21F2N. The van der Waals surface area contributed by atoms with Crippen molar-refractivity contribution in [2.24, 2.45) is 11.1 Å². The van der Waals surface area contributed by atoms with Crippen LogP contribution in [0.4, 0.5) is 8.78 Å². The average Bonchev–Trinajstić information content (AvgIpc) is 2.20. The topological polar surface area (TPSA) is 26.0 Å². The largest absolute Gasteiger partial charge is 0.325 e. The van der Waals surface area contributed by atoms with Crippen LogP contribution in [0.5, 0.6) is 0 Å². The van der Waals surface area contributed by atoms with Crippen molar-refractivity contribution in [1.29, 1.82) is 0 Å². The standard InChI is InChI=1S/C15H21F2N/c1-14(2)6-3-7-15(18,10-14)9-11-4-5-12(16)8-13(11)17/h4-5,8H,3,6-7,9-10,18H2,1-2H3. The Labute approximate surface area is 107 Å². The Bertz CT molecular complexity index is 442. The number of rotatable bonds is 2. The fraction of sp³-hybridized carbons (Fsp3) is 0.600. The van der Waals surface area contributed by atoms with Crippen LogP contribution >= 0.6 is 0 Å². The summed E-state index contributed by atoms with van der Waals surface area (Å²) >= 11 is 0. The highest BCUT2D eigenvalue weighted by atomic mass is 19.1. The van der Waals surface area contributed by atoms with Gasteiger partial charge in [-0.2, -0.15) is 0 Å². The second-order valence-electron chi connectivity index (χ2n) is 6.47. The summed E-state index contributed by atoms with van der Waals surface area (Å²) in [6.07, 6.45) is 4.52. The van der Waals surface area contributed by atoms with E-state index in [2.05, 4.69) is 13.8 Å². The highest BCUT2D eigenvalue weighted by molar-refractivity contribution is 5.21. The van der Waals surface area contributed by atoms with Gasteiger partial charge in [0.25, 0.3) is 0 Å². The Morgan fingerprint density at radius 1 is 1.22 bits per heavy atom. The van der Waals surface area contributed by atoms with Gasteiger partial charge in [0, 0.05) is 11.6 Å². The molecule has 2 rings (SSSR count). The van der Waals surface area contributed by atoms with Gasteiger partial charge < -0.3 is 5.73 Å². The molecule has 0 amide bonds. The third-order valence-electron chi connectivity index (χ3n) is 3.92. The first kappa shape index (κ1) is 13.5. The van der Waals surface area contributed by atoms with Crippen LogP contribution in [0.2, 0.25) is 0 Å². The number of nitrogens with two attached hydrogens (primary N) is 1. The second kappa shape index (κ2) is 4.61. The van der Waals surface area contributed by atoms with Crippen molar-refractivity contribution >= 4 is 0 Å². The molecule has 1 aromatic carbocycles. The molecule has 0 aliphatic heterocycles. The van der Waals surface area contributed by atoms with E-state index in [0.29, 0.717) is 12.0 Å². The average molecular weight is 253 g/mol. The van der Waals surface area contributed by atoms with Crippen molar-refractivity contribution in [3.05, 3.63) is 35.4 Å². The van der Waals surface area contributed by atoms with Crippen LogP contribution in [-0.4, -0.2) is 5.54 Å². The van der Waals surface area contributed by atoms with Gasteiger partial charge in [-0.15, -0.1) is 0 Å². The maximum absolute atomic E-state index is 13.7. The van der Waals surface area contributed by atoms with Crippen LogP contribution in [-0.2, 0) is 6.42 Å². The molecule has 1 fully saturated rings.